The highest BCUT2D eigenvalue weighted by atomic mass is 19.4. The van der Waals surface area contributed by atoms with Crippen molar-refractivity contribution < 1.29 is 13.2 Å². The minimum atomic E-state index is -4.38. The van der Waals surface area contributed by atoms with E-state index in [9.17, 15) is 13.2 Å². The summed E-state index contributed by atoms with van der Waals surface area (Å²) in [5.74, 6) is 0.843. The van der Waals surface area contributed by atoms with E-state index in [1.54, 1.807) is 6.20 Å². The topological polar surface area (TPSA) is 56.8 Å². The van der Waals surface area contributed by atoms with E-state index in [1.807, 2.05) is 6.07 Å². The maximum absolute atomic E-state index is 12.5. The monoisotopic (exact) mass is 325 g/mol. The van der Waals surface area contributed by atoms with Crippen LogP contribution in [0.25, 0.3) is 0 Å². The van der Waals surface area contributed by atoms with Gasteiger partial charge in [-0.25, -0.2) is 0 Å². The predicted octanol–water partition coefficient (Wildman–Crippen LogP) is 2.90. The van der Waals surface area contributed by atoms with E-state index in [1.165, 1.54) is 12.3 Å². The first kappa shape index (κ1) is 15.8. The van der Waals surface area contributed by atoms with Gasteiger partial charge < -0.3 is 5.32 Å². The molecule has 124 valence electrons. The number of nitrogens with one attached hydrogen (secondary N) is 2. The van der Waals surface area contributed by atoms with Crippen LogP contribution in [0.3, 0.4) is 0 Å². The fraction of sp³-hybridized carbons (Fsp3) is 0.467. The number of hydrogen-bond acceptors (Lipinski definition) is 4. The van der Waals surface area contributed by atoms with Gasteiger partial charge in [0.05, 0.1) is 0 Å². The van der Waals surface area contributed by atoms with Crippen molar-refractivity contribution in [2.75, 3.05) is 18.4 Å². The molecule has 0 radical (unpaired) electrons. The molecule has 0 amide bonds. The number of anilines is 1. The van der Waals surface area contributed by atoms with Gasteiger partial charge in [-0.1, -0.05) is 6.07 Å². The van der Waals surface area contributed by atoms with E-state index >= 15 is 0 Å². The summed E-state index contributed by atoms with van der Waals surface area (Å²) in [5, 5.41) is 10.2. The van der Waals surface area contributed by atoms with E-state index in [-0.39, 0.29) is 0 Å². The van der Waals surface area contributed by atoms with E-state index < -0.39 is 11.9 Å². The number of pyridine rings is 1. The van der Waals surface area contributed by atoms with Crippen LogP contribution >= 0.6 is 0 Å². The maximum Gasteiger partial charge on any atom is 0.433 e. The number of alkyl halides is 3. The maximum atomic E-state index is 12.5. The Morgan fingerprint density at radius 2 is 2.00 bits per heavy atom. The van der Waals surface area contributed by atoms with Gasteiger partial charge in [-0.05, 0) is 30.5 Å². The molecule has 1 fully saturated rings. The highest BCUT2D eigenvalue weighted by Crippen LogP contribution is 2.27. The summed E-state index contributed by atoms with van der Waals surface area (Å²) in [4.78, 5) is 5.73. The van der Waals surface area contributed by atoms with Crippen LogP contribution in [0.15, 0.2) is 30.6 Å². The first-order chi connectivity index (χ1) is 11.0. The molecule has 1 aliphatic heterocycles. The fourth-order valence-electron chi connectivity index (χ4n) is 2.73. The van der Waals surface area contributed by atoms with Crippen molar-refractivity contribution in [3.8, 4) is 0 Å². The summed E-state index contributed by atoms with van der Waals surface area (Å²) < 4.78 is 37.5. The van der Waals surface area contributed by atoms with Crippen LogP contribution < -0.4 is 5.32 Å². The molecule has 2 aromatic rings. The number of aromatic amines is 1. The van der Waals surface area contributed by atoms with Gasteiger partial charge in [-0.15, -0.1) is 0 Å². The smallest absolute Gasteiger partial charge is 0.366 e. The van der Waals surface area contributed by atoms with Crippen LogP contribution in [0.2, 0.25) is 0 Å². The Hall–Kier alpha value is -2.09. The van der Waals surface area contributed by atoms with Crippen LogP contribution in [0, 0.1) is 0 Å². The van der Waals surface area contributed by atoms with E-state index in [0.717, 1.165) is 43.4 Å². The van der Waals surface area contributed by atoms with E-state index in [2.05, 4.69) is 25.4 Å². The largest absolute Gasteiger partial charge is 0.433 e. The van der Waals surface area contributed by atoms with Crippen molar-refractivity contribution in [2.45, 2.75) is 31.6 Å². The fourth-order valence-corrected chi connectivity index (χ4v) is 2.73. The molecule has 23 heavy (non-hydrogen) atoms. The van der Waals surface area contributed by atoms with Crippen molar-refractivity contribution in [2.24, 2.45) is 0 Å². The van der Waals surface area contributed by atoms with Gasteiger partial charge in [0, 0.05) is 38.1 Å². The van der Waals surface area contributed by atoms with Crippen molar-refractivity contribution in [3.05, 3.63) is 41.9 Å². The van der Waals surface area contributed by atoms with Crippen LogP contribution in [0.1, 0.15) is 24.1 Å². The molecule has 0 atom stereocenters. The molecule has 2 aromatic heterocycles. The number of aromatic nitrogens is 3. The van der Waals surface area contributed by atoms with Crippen molar-refractivity contribution in [3.63, 3.8) is 0 Å². The quantitative estimate of drug-likeness (QED) is 0.907. The summed E-state index contributed by atoms with van der Waals surface area (Å²) in [7, 11) is 0. The molecule has 1 saturated heterocycles. The van der Waals surface area contributed by atoms with Gasteiger partial charge in [0.25, 0.3) is 0 Å². The van der Waals surface area contributed by atoms with Crippen molar-refractivity contribution >= 4 is 5.82 Å². The Labute approximate surface area is 131 Å². The molecule has 0 bridgehead atoms. The Morgan fingerprint density at radius 1 is 1.22 bits per heavy atom. The number of halogens is 3. The zero-order chi connectivity index (χ0) is 16.3. The van der Waals surface area contributed by atoms with Crippen LogP contribution in [0.4, 0.5) is 19.0 Å². The summed E-state index contributed by atoms with van der Waals surface area (Å²) in [5.41, 5.74) is -0.0418. The second-order valence-electron chi connectivity index (χ2n) is 5.70. The van der Waals surface area contributed by atoms with Gasteiger partial charge in [0.2, 0.25) is 0 Å². The van der Waals surface area contributed by atoms with E-state index in [4.69, 9.17) is 0 Å². The lowest BCUT2D eigenvalue weighted by Gasteiger charge is -2.32. The second kappa shape index (κ2) is 6.57. The molecule has 5 nitrogen and oxygen atoms in total. The summed E-state index contributed by atoms with van der Waals surface area (Å²) >= 11 is 0. The minimum absolute atomic E-state index is 0.375. The number of H-pyrrole nitrogens is 1. The number of hydrogen-bond donors (Lipinski definition) is 2. The molecule has 3 heterocycles. The Morgan fingerprint density at radius 3 is 2.57 bits per heavy atom. The zero-order valence-electron chi connectivity index (χ0n) is 12.5. The Bertz CT molecular complexity index is 601. The number of nitrogens with zero attached hydrogens (tertiary/aromatic N) is 3. The summed E-state index contributed by atoms with van der Waals surface area (Å²) in [6.45, 7) is 2.41. The summed E-state index contributed by atoms with van der Waals surface area (Å²) in [6, 6.07) is 4.81. The Kier molecular flexibility index (Phi) is 4.51. The molecule has 1 aliphatic rings. The van der Waals surface area contributed by atoms with Gasteiger partial charge in [-0.2, -0.15) is 18.3 Å². The average Bonchev–Trinajstić information content (AvgIpc) is 3.02. The first-order valence-electron chi connectivity index (χ1n) is 7.51. The SMILES string of the molecule is FC(F)(F)c1ccc(CN2CCC(Nc3cc[nH]n3)CC2)cn1. The molecule has 0 spiro atoms. The van der Waals surface area contributed by atoms with Crippen LogP contribution in [0.5, 0.6) is 0 Å². The number of rotatable bonds is 4. The highest BCUT2D eigenvalue weighted by molar-refractivity contribution is 5.33. The third-order valence-electron chi connectivity index (χ3n) is 3.96. The van der Waals surface area contributed by atoms with E-state index in [0.29, 0.717) is 12.6 Å². The normalized spacial score (nSPS) is 17.3. The van der Waals surface area contributed by atoms with Gasteiger partial charge >= 0.3 is 6.18 Å². The Balaban J connectivity index is 1.48. The third kappa shape index (κ3) is 4.22. The minimum Gasteiger partial charge on any atom is -0.366 e. The zero-order valence-corrected chi connectivity index (χ0v) is 12.5. The predicted molar refractivity (Wildman–Crippen MR) is 79.7 cm³/mol. The lowest BCUT2D eigenvalue weighted by molar-refractivity contribution is -0.141. The third-order valence-corrected chi connectivity index (χ3v) is 3.96. The number of likely N-dealkylation sites (tertiary alicyclic amines) is 1. The summed E-state index contributed by atoms with van der Waals surface area (Å²) in [6.07, 6.45) is 0.655. The first-order valence-corrected chi connectivity index (χ1v) is 7.51. The highest BCUT2D eigenvalue weighted by Gasteiger charge is 2.32. The van der Waals surface area contributed by atoms with Crippen molar-refractivity contribution in [1.29, 1.82) is 0 Å². The molecule has 3 rings (SSSR count). The molecule has 0 aromatic carbocycles. The molecular weight excluding hydrogens is 307 g/mol. The molecule has 2 N–H and O–H groups in total. The van der Waals surface area contributed by atoms with Crippen LogP contribution in [-0.2, 0) is 12.7 Å². The average molecular weight is 325 g/mol. The van der Waals surface area contributed by atoms with Crippen molar-refractivity contribution in [1.82, 2.24) is 20.1 Å². The van der Waals surface area contributed by atoms with Gasteiger partial charge in [0.15, 0.2) is 0 Å². The molecule has 8 heteroatoms. The molecule has 0 unspecified atom stereocenters. The second-order valence-corrected chi connectivity index (χ2v) is 5.70. The number of piperidine rings is 1. The van der Waals surface area contributed by atoms with Gasteiger partial charge in [0.1, 0.15) is 11.5 Å². The standard InChI is InChI=1S/C15H18F3N5/c16-15(17,18)13-2-1-11(9-19-13)10-23-7-4-12(5-8-23)21-14-3-6-20-22-14/h1-3,6,9,12H,4-5,7-8,10H2,(H2,20,21,22). The van der Waals surface area contributed by atoms with Gasteiger partial charge in [-0.3, -0.25) is 15.0 Å². The molecule has 0 saturated carbocycles. The molecule has 0 aliphatic carbocycles. The molecular formula is C15H18F3N5. The lowest BCUT2D eigenvalue weighted by Crippen LogP contribution is -2.38. The van der Waals surface area contributed by atoms with Crippen LogP contribution in [-0.4, -0.2) is 39.2 Å². The lowest BCUT2D eigenvalue weighted by atomic mass is 10.0.